The van der Waals surface area contributed by atoms with Crippen molar-refractivity contribution in [2.75, 3.05) is 14.2 Å². The third-order valence-electron chi connectivity index (χ3n) is 5.76. The SMILES string of the molecule is COC(=O)c1cc2c([nH]c1=O)-c1cc(OC)c3ncccc3c1CC2C(C)(C)C. The molecule has 1 aliphatic carbocycles. The number of nitrogens with one attached hydrogen (secondary N) is 1. The van der Waals surface area contributed by atoms with Gasteiger partial charge >= 0.3 is 5.97 Å². The summed E-state index contributed by atoms with van der Waals surface area (Å²) in [5.74, 6) is 0.118. The van der Waals surface area contributed by atoms with E-state index in [2.05, 4.69) is 30.7 Å². The molecule has 0 saturated heterocycles. The number of H-pyrrole nitrogens is 1. The van der Waals surface area contributed by atoms with Crippen LogP contribution in [0.15, 0.2) is 35.3 Å². The van der Waals surface area contributed by atoms with Gasteiger partial charge in [-0.3, -0.25) is 9.78 Å². The molecule has 2 aromatic heterocycles. The Morgan fingerprint density at radius 1 is 1.24 bits per heavy atom. The van der Waals surface area contributed by atoms with Crippen LogP contribution in [-0.2, 0) is 11.2 Å². The van der Waals surface area contributed by atoms with Gasteiger partial charge in [-0.05, 0) is 47.1 Å². The highest BCUT2D eigenvalue weighted by atomic mass is 16.5. The van der Waals surface area contributed by atoms with E-state index >= 15 is 0 Å². The number of ether oxygens (including phenoxy) is 2. The Morgan fingerprint density at radius 3 is 2.66 bits per heavy atom. The lowest BCUT2D eigenvalue weighted by Gasteiger charge is -2.37. The number of aromatic nitrogens is 2. The van der Waals surface area contributed by atoms with Gasteiger partial charge in [-0.2, -0.15) is 0 Å². The van der Waals surface area contributed by atoms with Crippen molar-refractivity contribution >= 4 is 16.9 Å². The number of hydrogen-bond donors (Lipinski definition) is 1. The van der Waals surface area contributed by atoms with Gasteiger partial charge in [0.15, 0.2) is 0 Å². The molecular formula is C23H24N2O4. The summed E-state index contributed by atoms with van der Waals surface area (Å²) in [6.07, 6.45) is 2.52. The van der Waals surface area contributed by atoms with Crippen LogP contribution in [0.3, 0.4) is 0 Å². The Balaban J connectivity index is 2.10. The molecule has 0 saturated carbocycles. The van der Waals surface area contributed by atoms with Crippen molar-refractivity contribution in [1.82, 2.24) is 9.97 Å². The molecule has 150 valence electrons. The van der Waals surface area contributed by atoms with Gasteiger partial charge in [0.25, 0.3) is 5.56 Å². The number of carbonyl (C=O) groups is 1. The van der Waals surface area contributed by atoms with Crippen molar-refractivity contribution in [3.8, 4) is 17.0 Å². The standard InChI is InChI=1S/C23H24N2O4/c1-23(2,3)17-10-13-12-7-6-8-24-20(12)18(28-4)11-14(13)19-15(17)9-16(21(26)25-19)22(27)29-5/h6-9,11,17H,10H2,1-5H3,(H,25,26). The van der Waals surface area contributed by atoms with E-state index in [-0.39, 0.29) is 16.9 Å². The zero-order valence-electron chi connectivity index (χ0n) is 17.3. The summed E-state index contributed by atoms with van der Waals surface area (Å²) < 4.78 is 10.4. The minimum atomic E-state index is -0.632. The molecule has 0 amide bonds. The molecule has 4 rings (SSSR count). The average Bonchev–Trinajstić information content (AvgIpc) is 2.70. The number of carbonyl (C=O) groups excluding carboxylic acids is 1. The number of pyridine rings is 2. The lowest BCUT2D eigenvalue weighted by molar-refractivity contribution is 0.0598. The maximum atomic E-state index is 12.7. The molecule has 1 atom stereocenters. The number of benzene rings is 1. The second-order valence-electron chi connectivity index (χ2n) is 8.46. The first-order valence-electron chi connectivity index (χ1n) is 9.56. The van der Waals surface area contributed by atoms with Gasteiger partial charge in [0.1, 0.15) is 16.8 Å². The van der Waals surface area contributed by atoms with Crippen LogP contribution in [0.2, 0.25) is 0 Å². The van der Waals surface area contributed by atoms with E-state index in [4.69, 9.17) is 9.47 Å². The third-order valence-corrected chi connectivity index (χ3v) is 5.76. The maximum absolute atomic E-state index is 12.7. The number of esters is 1. The van der Waals surface area contributed by atoms with E-state index in [0.717, 1.165) is 39.7 Å². The van der Waals surface area contributed by atoms with Crippen molar-refractivity contribution in [2.24, 2.45) is 5.41 Å². The van der Waals surface area contributed by atoms with Gasteiger partial charge in [0, 0.05) is 17.1 Å². The normalized spacial score (nSPS) is 15.6. The highest BCUT2D eigenvalue weighted by Crippen LogP contribution is 2.49. The second kappa shape index (κ2) is 6.72. The average molecular weight is 392 g/mol. The van der Waals surface area contributed by atoms with Gasteiger partial charge in [-0.25, -0.2) is 4.79 Å². The summed E-state index contributed by atoms with van der Waals surface area (Å²) in [5.41, 5.74) is 3.99. The summed E-state index contributed by atoms with van der Waals surface area (Å²) >= 11 is 0. The summed E-state index contributed by atoms with van der Waals surface area (Å²) in [5, 5.41) is 1.01. The fourth-order valence-electron chi connectivity index (χ4n) is 4.27. The largest absolute Gasteiger partial charge is 0.494 e. The summed E-state index contributed by atoms with van der Waals surface area (Å²) in [6.45, 7) is 6.50. The lowest BCUT2D eigenvalue weighted by atomic mass is 9.68. The van der Waals surface area contributed by atoms with Crippen LogP contribution in [0.1, 0.15) is 48.2 Å². The Hall–Kier alpha value is -3.15. The molecule has 3 aromatic rings. The van der Waals surface area contributed by atoms with E-state index < -0.39 is 11.5 Å². The van der Waals surface area contributed by atoms with E-state index in [9.17, 15) is 9.59 Å². The monoisotopic (exact) mass is 392 g/mol. The molecule has 1 N–H and O–H groups in total. The predicted octanol–water partition coefficient (Wildman–Crippen LogP) is 4.07. The van der Waals surface area contributed by atoms with E-state index in [1.807, 2.05) is 18.2 Å². The minimum Gasteiger partial charge on any atom is -0.494 e. The fourth-order valence-corrected chi connectivity index (χ4v) is 4.27. The van der Waals surface area contributed by atoms with E-state index in [1.54, 1.807) is 19.4 Å². The zero-order valence-corrected chi connectivity index (χ0v) is 17.3. The Bertz CT molecular complexity index is 1190. The molecule has 0 fully saturated rings. The summed E-state index contributed by atoms with van der Waals surface area (Å²) in [6, 6.07) is 7.57. The van der Waals surface area contributed by atoms with Gasteiger partial charge in [-0.15, -0.1) is 0 Å². The Labute approximate surface area is 168 Å². The van der Waals surface area contributed by atoms with E-state index in [1.165, 1.54) is 7.11 Å². The van der Waals surface area contributed by atoms with Gasteiger partial charge < -0.3 is 14.5 Å². The molecule has 0 spiro atoms. The lowest BCUT2D eigenvalue weighted by Crippen LogP contribution is -2.29. The molecule has 29 heavy (non-hydrogen) atoms. The van der Waals surface area contributed by atoms with Crippen molar-refractivity contribution in [3.05, 3.63) is 57.5 Å². The van der Waals surface area contributed by atoms with Crippen LogP contribution in [0.5, 0.6) is 5.75 Å². The zero-order chi connectivity index (χ0) is 20.9. The molecule has 2 heterocycles. The van der Waals surface area contributed by atoms with Crippen LogP contribution in [-0.4, -0.2) is 30.2 Å². The fraction of sp³-hybridized carbons (Fsp3) is 0.348. The quantitative estimate of drug-likeness (QED) is 0.665. The molecule has 1 aliphatic rings. The highest BCUT2D eigenvalue weighted by Gasteiger charge is 2.36. The van der Waals surface area contributed by atoms with Gasteiger partial charge in [0.05, 0.1) is 19.9 Å². The molecule has 6 nitrogen and oxygen atoms in total. The molecule has 0 radical (unpaired) electrons. The first-order valence-corrected chi connectivity index (χ1v) is 9.56. The van der Waals surface area contributed by atoms with E-state index in [0.29, 0.717) is 5.75 Å². The number of hydrogen-bond acceptors (Lipinski definition) is 5. The molecule has 1 aromatic carbocycles. The maximum Gasteiger partial charge on any atom is 0.343 e. The molecule has 1 unspecified atom stereocenters. The first-order chi connectivity index (χ1) is 13.8. The molecule has 0 aliphatic heterocycles. The third kappa shape index (κ3) is 2.99. The number of nitrogens with zero attached hydrogens (tertiary/aromatic N) is 1. The number of fused-ring (bicyclic) bond motifs is 5. The Morgan fingerprint density at radius 2 is 2.00 bits per heavy atom. The van der Waals surface area contributed by atoms with Crippen molar-refractivity contribution in [3.63, 3.8) is 0 Å². The minimum absolute atomic E-state index is 0.0263. The molecule has 6 heteroatoms. The van der Waals surface area contributed by atoms with Crippen LogP contribution in [0, 0.1) is 5.41 Å². The molecular weight excluding hydrogens is 368 g/mol. The smallest absolute Gasteiger partial charge is 0.343 e. The highest BCUT2D eigenvalue weighted by molar-refractivity contribution is 5.96. The number of methoxy groups -OCH3 is 2. The van der Waals surface area contributed by atoms with Crippen molar-refractivity contribution in [2.45, 2.75) is 33.1 Å². The summed E-state index contributed by atoms with van der Waals surface area (Å²) in [7, 11) is 2.89. The van der Waals surface area contributed by atoms with Crippen LogP contribution >= 0.6 is 0 Å². The van der Waals surface area contributed by atoms with Crippen LogP contribution in [0.4, 0.5) is 0 Å². The number of rotatable bonds is 2. The van der Waals surface area contributed by atoms with Crippen molar-refractivity contribution in [1.29, 1.82) is 0 Å². The van der Waals surface area contributed by atoms with Gasteiger partial charge in [-0.1, -0.05) is 26.8 Å². The first kappa shape index (κ1) is 19.2. The van der Waals surface area contributed by atoms with Crippen LogP contribution < -0.4 is 10.3 Å². The second-order valence-corrected chi connectivity index (χ2v) is 8.46. The number of aromatic amines is 1. The summed E-state index contributed by atoms with van der Waals surface area (Å²) in [4.78, 5) is 32.3. The topological polar surface area (TPSA) is 81.3 Å². The van der Waals surface area contributed by atoms with Gasteiger partial charge in [0.2, 0.25) is 0 Å². The van der Waals surface area contributed by atoms with Crippen molar-refractivity contribution < 1.29 is 14.3 Å². The molecule has 0 bridgehead atoms. The Kier molecular flexibility index (Phi) is 4.45. The predicted molar refractivity (Wildman–Crippen MR) is 112 cm³/mol. The van der Waals surface area contributed by atoms with Crippen LogP contribution in [0.25, 0.3) is 22.2 Å².